The molecule has 5 nitrogen and oxygen atoms in total. The van der Waals surface area contributed by atoms with E-state index in [0.717, 1.165) is 0 Å². The van der Waals surface area contributed by atoms with Crippen LogP contribution in [-0.2, 0) is 7.05 Å². The van der Waals surface area contributed by atoms with Crippen molar-refractivity contribution in [2.75, 3.05) is 0 Å². The molecule has 0 radical (unpaired) electrons. The topological polar surface area (TPSA) is 60.1 Å². The normalized spacial score (nSPS) is 12.0. The Labute approximate surface area is 165 Å². The molecule has 7 heteroatoms. The molecule has 1 N–H and O–H groups in total. The number of carbonyl (C=O) groups excluding carboxylic acids is 1. The number of hydrogen-bond donors (Lipinski definition) is 1. The molecule has 1 atom stereocenters. The fraction of sp³-hybridized carbons (Fsp3) is 0.0909. The van der Waals surface area contributed by atoms with Crippen molar-refractivity contribution in [3.63, 3.8) is 0 Å². The maximum atomic E-state index is 13.3. The standard InChI is InChI=1S/C22H17F2N3O2/c1-27-13-12-25-21(27)20(15-4-8-17(24)9-5-15)26-22(28)19-11-10-18(29-19)14-2-6-16(23)7-3-14/h2-13,20H,1H3,(H,26,28). The average Bonchev–Trinajstić information content (AvgIpc) is 3.37. The van der Waals surface area contributed by atoms with E-state index in [1.807, 2.05) is 7.05 Å². The number of benzene rings is 2. The summed E-state index contributed by atoms with van der Waals surface area (Å²) in [5, 5.41) is 2.89. The van der Waals surface area contributed by atoms with Gasteiger partial charge < -0.3 is 14.3 Å². The molecule has 2 heterocycles. The van der Waals surface area contributed by atoms with E-state index < -0.39 is 11.9 Å². The van der Waals surface area contributed by atoms with Crippen molar-refractivity contribution in [1.29, 1.82) is 0 Å². The molecule has 0 fully saturated rings. The van der Waals surface area contributed by atoms with Gasteiger partial charge in [0.15, 0.2) is 5.76 Å². The Morgan fingerprint density at radius 2 is 1.66 bits per heavy atom. The molecule has 0 bridgehead atoms. The van der Waals surface area contributed by atoms with Gasteiger partial charge >= 0.3 is 0 Å². The number of furan rings is 1. The first-order chi connectivity index (χ1) is 14.0. The van der Waals surface area contributed by atoms with Crippen LogP contribution in [0.2, 0.25) is 0 Å². The van der Waals surface area contributed by atoms with Crippen LogP contribution in [0.3, 0.4) is 0 Å². The van der Waals surface area contributed by atoms with E-state index in [1.165, 1.54) is 24.3 Å². The van der Waals surface area contributed by atoms with Crippen LogP contribution in [0.4, 0.5) is 8.78 Å². The summed E-state index contributed by atoms with van der Waals surface area (Å²) < 4.78 is 33.9. The van der Waals surface area contributed by atoms with Crippen LogP contribution in [0.25, 0.3) is 11.3 Å². The highest BCUT2D eigenvalue weighted by molar-refractivity contribution is 5.92. The van der Waals surface area contributed by atoms with Gasteiger partial charge in [-0.2, -0.15) is 0 Å². The maximum absolute atomic E-state index is 13.3. The van der Waals surface area contributed by atoms with Crippen molar-refractivity contribution < 1.29 is 18.0 Å². The van der Waals surface area contributed by atoms with E-state index in [9.17, 15) is 13.6 Å². The number of carbonyl (C=O) groups is 1. The third kappa shape index (κ3) is 3.94. The molecule has 4 aromatic rings. The Kier molecular flexibility index (Phi) is 4.95. The number of amides is 1. The SMILES string of the molecule is Cn1ccnc1C(NC(=O)c1ccc(-c2ccc(F)cc2)o1)c1ccc(F)cc1. The molecular formula is C22H17F2N3O2. The predicted molar refractivity (Wildman–Crippen MR) is 103 cm³/mol. The Bertz CT molecular complexity index is 1130. The van der Waals surface area contributed by atoms with E-state index in [2.05, 4.69) is 10.3 Å². The van der Waals surface area contributed by atoms with Crippen molar-refractivity contribution >= 4 is 5.91 Å². The minimum atomic E-state index is -0.595. The largest absolute Gasteiger partial charge is 0.451 e. The molecular weight excluding hydrogens is 376 g/mol. The molecule has 4 rings (SSSR count). The Hall–Kier alpha value is -3.74. The molecule has 1 unspecified atom stereocenters. The highest BCUT2D eigenvalue weighted by Crippen LogP contribution is 2.25. The minimum absolute atomic E-state index is 0.102. The molecule has 0 aliphatic rings. The molecule has 0 aliphatic heterocycles. The summed E-state index contributed by atoms with van der Waals surface area (Å²) >= 11 is 0. The monoisotopic (exact) mass is 393 g/mol. The van der Waals surface area contributed by atoms with Gasteiger partial charge in [0.25, 0.3) is 5.91 Å². The second-order valence-corrected chi connectivity index (χ2v) is 6.53. The minimum Gasteiger partial charge on any atom is -0.451 e. The fourth-order valence-electron chi connectivity index (χ4n) is 3.04. The van der Waals surface area contributed by atoms with Crippen LogP contribution < -0.4 is 5.32 Å². The lowest BCUT2D eigenvalue weighted by Gasteiger charge is -2.18. The van der Waals surface area contributed by atoms with E-state index in [4.69, 9.17) is 4.42 Å². The fourth-order valence-corrected chi connectivity index (χ4v) is 3.04. The Balaban J connectivity index is 1.61. The Morgan fingerprint density at radius 3 is 2.28 bits per heavy atom. The van der Waals surface area contributed by atoms with Gasteiger partial charge in [-0.3, -0.25) is 4.79 Å². The predicted octanol–water partition coefficient (Wildman–Crippen LogP) is 4.48. The lowest BCUT2D eigenvalue weighted by Crippen LogP contribution is -2.30. The summed E-state index contributed by atoms with van der Waals surface area (Å²) in [5.74, 6) is -0.0220. The van der Waals surface area contributed by atoms with Crippen molar-refractivity contribution in [3.05, 3.63) is 102 Å². The van der Waals surface area contributed by atoms with Crippen LogP contribution in [0, 0.1) is 11.6 Å². The molecule has 0 spiro atoms. The van der Waals surface area contributed by atoms with E-state index in [0.29, 0.717) is 22.7 Å². The third-order valence-electron chi connectivity index (χ3n) is 4.55. The van der Waals surface area contributed by atoms with E-state index in [-0.39, 0.29) is 17.4 Å². The van der Waals surface area contributed by atoms with Gasteiger partial charge in [0.05, 0.1) is 0 Å². The molecule has 1 amide bonds. The first-order valence-corrected chi connectivity index (χ1v) is 8.90. The molecule has 2 aromatic heterocycles. The number of aromatic nitrogens is 2. The van der Waals surface area contributed by atoms with Crippen LogP contribution in [0.15, 0.2) is 77.5 Å². The van der Waals surface area contributed by atoms with Crippen LogP contribution in [-0.4, -0.2) is 15.5 Å². The number of imidazole rings is 1. The third-order valence-corrected chi connectivity index (χ3v) is 4.55. The second-order valence-electron chi connectivity index (χ2n) is 6.53. The van der Waals surface area contributed by atoms with Gasteiger partial charge in [0, 0.05) is 25.0 Å². The van der Waals surface area contributed by atoms with Gasteiger partial charge in [-0.25, -0.2) is 13.8 Å². The van der Waals surface area contributed by atoms with Crippen LogP contribution in [0.5, 0.6) is 0 Å². The summed E-state index contributed by atoms with van der Waals surface area (Å²) in [6.45, 7) is 0. The maximum Gasteiger partial charge on any atom is 0.287 e. The van der Waals surface area contributed by atoms with E-state index >= 15 is 0 Å². The van der Waals surface area contributed by atoms with Gasteiger partial charge in [-0.1, -0.05) is 12.1 Å². The zero-order valence-corrected chi connectivity index (χ0v) is 15.5. The van der Waals surface area contributed by atoms with Crippen molar-refractivity contribution in [2.45, 2.75) is 6.04 Å². The van der Waals surface area contributed by atoms with Gasteiger partial charge in [-0.15, -0.1) is 0 Å². The number of hydrogen-bond acceptors (Lipinski definition) is 3. The summed E-state index contributed by atoms with van der Waals surface area (Å²) in [4.78, 5) is 17.1. The Morgan fingerprint density at radius 1 is 1.00 bits per heavy atom. The van der Waals surface area contributed by atoms with Crippen molar-refractivity contribution in [1.82, 2.24) is 14.9 Å². The van der Waals surface area contributed by atoms with E-state index in [1.54, 1.807) is 53.4 Å². The molecule has 29 heavy (non-hydrogen) atoms. The number of halogens is 2. The molecule has 2 aromatic carbocycles. The number of aryl methyl sites for hydroxylation is 1. The van der Waals surface area contributed by atoms with Crippen LogP contribution in [0.1, 0.15) is 28.0 Å². The lowest BCUT2D eigenvalue weighted by atomic mass is 10.1. The molecule has 0 aliphatic carbocycles. The van der Waals surface area contributed by atoms with Gasteiger partial charge in [0.2, 0.25) is 0 Å². The zero-order valence-electron chi connectivity index (χ0n) is 15.5. The van der Waals surface area contributed by atoms with Gasteiger partial charge in [0.1, 0.15) is 29.3 Å². The highest BCUT2D eigenvalue weighted by atomic mass is 19.1. The van der Waals surface area contributed by atoms with Crippen LogP contribution >= 0.6 is 0 Å². The number of nitrogens with one attached hydrogen (secondary N) is 1. The summed E-state index contributed by atoms with van der Waals surface area (Å²) in [6, 6.07) is 14.3. The van der Waals surface area contributed by atoms with Crippen molar-refractivity contribution in [3.8, 4) is 11.3 Å². The second kappa shape index (κ2) is 7.71. The summed E-state index contributed by atoms with van der Waals surface area (Å²) in [6.07, 6.45) is 3.38. The zero-order chi connectivity index (χ0) is 20.4. The van der Waals surface area contributed by atoms with Gasteiger partial charge in [-0.05, 0) is 54.1 Å². The number of nitrogens with zero attached hydrogens (tertiary/aromatic N) is 2. The summed E-state index contributed by atoms with van der Waals surface area (Å²) in [5.41, 5.74) is 1.34. The molecule has 0 saturated heterocycles. The molecule has 146 valence electrons. The first-order valence-electron chi connectivity index (χ1n) is 8.90. The quantitative estimate of drug-likeness (QED) is 0.544. The smallest absolute Gasteiger partial charge is 0.287 e. The van der Waals surface area contributed by atoms with Crippen molar-refractivity contribution in [2.24, 2.45) is 7.05 Å². The molecule has 0 saturated carbocycles. The first kappa shape index (κ1) is 18.6. The lowest BCUT2D eigenvalue weighted by molar-refractivity contribution is 0.0914. The number of rotatable bonds is 5. The summed E-state index contributed by atoms with van der Waals surface area (Å²) in [7, 11) is 1.81. The average molecular weight is 393 g/mol. The highest BCUT2D eigenvalue weighted by Gasteiger charge is 2.23.